The topological polar surface area (TPSA) is 0 Å². The summed E-state index contributed by atoms with van der Waals surface area (Å²) in [5.74, 6) is 1.92. The molecule has 1 heteroatoms. The summed E-state index contributed by atoms with van der Waals surface area (Å²) in [6, 6.07) is 0. The van der Waals surface area contributed by atoms with Gasteiger partial charge in [-0.05, 0) is 0 Å². The van der Waals surface area contributed by atoms with Crippen LogP contribution in [0, 0.1) is 18.3 Å². The second-order valence-electron chi connectivity index (χ2n) is 4.22. The third-order valence-corrected chi connectivity index (χ3v) is 3.01. The molecule has 0 aliphatic heterocycles. The molecule has 0 radical (unpaired) electrons. The molecule has 0 aromatic rings. The Morgan fingerprint density at radius 2 is 1.46 bits per heavy atom. The maximum absolute atomic E-state index is 2.65. The molecule has 72 valence electrons. The summed E-state index contributed by atoms with van der Waals surface area (Å²) in [7, 11) is 0. The summed E-state index contributed by atoms with van der Waals surface area (Å²) >= 11 is 0. The maximum atomic E-state index is 2.65. The first-order valence-corrected chi connectivity index (χ1v) is 5.71. The first kappa shape index (κ1) is 13.6. The van der Waals surface area contributed by atoms with E-state index in [2.05, 4.69) is 20.3 Å². The van der Waals surface area contributed by atoms with Crippen molar-refractivity contribution in [3.8, 4) is 0 Å². The van der Waals surface area contributed by atoms with Crippen molar-refractivity contribution in [3.05, 3.63) is 6.42 Å². The molecule has 1 saturated carbocycles. The van der Waals surface area contributed by atoms with Crippen molar-refractivity contribution in [2.24, 2.45) is 11.8 Å². The zero-order valence-electron chi connectivity index (χ0n) is 9.68. The molecular formula is C12H23Li. The van der Waals surface area contributed by atoms with Crippen LogP contribution in [0.25, 0.3) is 0 Å². The predicted octanol–water partition coefficient (Wildman–Crippen LogP) is 1.21. The summed E-state index contributed by atoms with van der Waals surface area (Å²) in [5.41, 5.74) is 0. The Morgan fingerprint density at radius 1 is 1.00 bits per heavy atom. The molecule has 0 aromatic carbocycles. The fourth-order valence-electron chi connectivity index (χ4n) is 2.44. The van der Waals surface area contributed by atoms with Crippen molar-refractivity contribution in [3.63, 3.8) is 0 Å². The van der Waals surface area contributed by atoms with E-state index < -0.39 is 0 Å². The molecular weight excluding hydrogens is 151 g/mol. The Labute approximate surface area is 96.0 Å². The van der Waals surface area contributed by atoms with Crippen molar-refractivity contribution >= 4 is 0 Å². The van der Waals surface area contributed by atoms with Crippen LogP contribution in [0.1, 0.15) is 58.8 Å². The monoisotopic (exact) mass is 174 g/mol. The van der Waals surface area contributed by atoms with E-state index in [1.807, 2.05) is 0 Å². The molecule has 1 rings (SSSR count). The van der Waals surface area contributed by atoms with Crippen LogP contribution in [0.3, 0.4) is 0 Å². The smallest absolute Gasteiger partial charge is 0.322 e. The number of hydrogen-bond donors (Lipinski definition) is 0. The number of rotatable bonds is 4. The van der Waals surface area contributed by atoms with Crippen LogP contribution in [-0.2, 0) is 0 Å². The van der Waals surface area contributed by atoms with E-state index in [4.69, 9.17) is 0 Å². The Balaban J connectivity index is 0.00000144. The van der Waals surface area contributed by atoms with Gasteiger partial charge in [-0.15, -0.1) is 0 Å². The van der Waals surface area contributed by atoms with Crippen molar-refractivity contribution in [1.29, 1.82) is 0 Å². The van der Waals surface area contributed by atoms with Gasteiger partial charge in [-0.3, -0.25) is 0 Å². The molecule has 1 fully saturated rings. The first-order chi connectivity index (χ1) is 5.86. The normalized spacial score (nSPS) is 28.2. The Bertz CT molecular complexity index is 95.7. The molecule has 1 aliphatic carbocycles. The van der Waals surface area contributed by atoms with E-state index in [9.17, 15) is 0 Å². The van der Waals surface area contributed by atoms with Crippen molar-refractivity contribution in [2.75, 3.05) is 0 Å². The van der Waals surface area contributed by atoms with E-state index in [1.54, 1.807) is 0 Å². The molecule has 0 bridgehead atoms. The summed E-state index contributed by atoms with van der Waals surface area (Å²) in [5, 5.41) is 0. The molecule has 0 N–H and O–H groups in total. The van der Waals surface area contributed by atoms with Gasteiger partial charge in [0.05, 0.1) is 0 Å². The molecule has 2 unspecified atom stereocenters. The summed E-state index contributed by atoms with van der Waals surface area (Å²) in [6.45, 7) is 4.61. The van der Waals surface area contributed by atoms with Gasteiger partial charge in [-0.25, -0.2) is 0 Å². The van der Waals surface area contributed by atoms with Gasteiger partial charge < -0.3 is 6.42 Å². The Kier molecular flexibility index (Phi) is 8.32. The summed E-state index contributed by atoms with van der Waals surface area (Å²) in [6.07, 6.45) is 12.6. The van der Waals surface area contributed by atoms with E-state index in [0.29, 0.717) is 0 Å². The largest absolute Gasteiger partial charge is 1.00 e. The molecule has 2 atom stereocenters. The summed E-state index contributed by atoms with van der Waals surface area (Å²) in [4.78, 5) is 0. The van der Waals surface area contributed by atoms with Gasteiger partial charge in [-0.2, -0.15) is 11.8 Å². The Hall–Kier alpha value is 0.597. The second-order valence-corrected chi connectivity index (χ2v) is 4.22. The SMILES string of the molecule is CCCC1[CH-]C(CCC)CCC1.[Li+]. The van der Waals surface area contributed by atoms with Gasteiger partial charge in [0.1, 0.15) is 0 Å². The van der Waals surface area contributed by atoms with Crippen LogP contribution < -0.4 is 18.9 Å². The van der Waals surface area contributed by atoms with Gasteiger partial charge in [0, 0.05) is 0 Å². The third-order valence-electron chi connectivity index (χ3n) is 3.01. The van der Waals surface area contributed by atoms with Gasteiger partial charge in [-0.1, -0.05) is 58.8 Å². The molecule has 0 nitrogen and oxygen atoms in total. The van der Waals surface area contributed by atoms with Crippen molar-refractivity contribution in [1.82, 2.24) is 0 Å². The van der Waals surface area contributed by atoms with Crippen LogP contribution in [0.15, 0.2) is 0 Å². The minimum Gasteiger partial charge on any atom is -0.322 e. The molecule has 1 aliphatic rings. The van der Waals surface area contributed by atoms with Gasteiger partial charge in [0.15, 0.2) is 0 Å². The summed E-state index contributed by atoms with van der Waals surface area (Å²) < 4.78 is 0. The molecule has 13 heavy (non-hydrogen) atoms. The average molecular weight is 174 g/mol. The predicted molar refractivity (Wildman–Crippen MR) is 54.9 cm³/mol. The van der Waals surface area contributed by atoms with Crippen LogP contribution in [0.2, 0.25) is 0 Å². The molecule has 0 spiro atoms. The van der Waals surface area contributed by atoms with E-state index in [-0.39, 0.29) is 18.9 Å². The standard InChI is InChI=1S/C12H23.Li/c1-3-6-11-8-5-9-12(10-11)7-4-2;/h10-12H,3-9H2,1-2H3;/q-1;+1. The fraction of sp³-hybridized carbons (Fsp3) is 0.917. The third kappa shape index (κ3) is 5.14. The molecule has 0 aromatic heterocycles. The zero-order chi connectivity index (χ0) is 8.81. The van der Waals surface area contributed by atoms with E-state index >= 15 is 0 Å². The van der Waals surface area contributed by atoms with Crippen LogP contribution >= 0.6 is 0 Å². The van der Waals surface area contributed by atoms with Gasteiger partial charge >= 0.3 is 18.9 Å². The minimum absolute atomic E-state index is 0. The molecule has 0 heterocycles. The first-order valence-electron chi connectivity index (χ1n) is 5.71. The van der Waals surface area contributed by atoms with Gasteiger partial charge in [0.2, 0.25) is 0 Å². The van der Waals surface area contributed by atoms with E-state index in [1.165, 1.54) is 44.9 Å². The fourth-order valence-corrected chi connectivity index (χ4v) is 2.44. The van der Waals surface area contributed by atoms with E-state index in [0.717, 1.165) is 11.8 Å². The number of hydrogen-bond acceptors (Lipinski definition) is 0. The van der Waals surface area contributed by atoms with Gasteiger partial charge in [0.25, 0.3) is 0 Å². The molecule has 0 amide bonds. The van der Waals surface area contributed by atoms with Crippen LogP contribution in [0.5, 0.6) is 0 Å². The minimum atomic E-state index is 0. The average Bonchev–Trinajstić information content (AvgIpc) is 2.06. The second kappa shape index (κ2) is 7.95. The maximum Gasteiger partial charge on any atom is 1.00 e. The van der Waals surface area contributed by atoms with Crippen LogP contribution in [0.4, 0.5) is 0 Å². The zero-order valence-corrected chi connectivity index (χ0v) is 9.68. The Morgan fingerprint density at radius 3 is 1.85 bits per heavy atom. The van der Waals surface area contributed by atoms with Crippen LogP contribution in [-0.4, -0.2) is 0 Å². The quantitative estimate of drug-likeness (QED) is 0.444. The van der Waals surface area contributed by atoms with Crippen molar-refractivity contribution in [2.45, 2.75) is 58.8 Å². The molecule has 0 saturated heterocycles. The van der Waals surface area contributed by atoms with Crippen molar-refractivity contribution < 1.29 is 18.9 Å².